The molecule has 8 nitrogen and oxygen atoms in total. The largest absolute Gasteiger partial charge is 0.326 e. The Hall–Kier alpha value is -1.29. The van der Waals surface area contributed by atoms with Gasteiger partial charge in [-0.15, -0.1) is 0 Å². The summed E-state index contributed by atoms with van der Waals surface area (Å²) in [5.41, 5.74) is 1.79. The van der Waals surface area contributed by atoms with Crippen molar-refractivity contribution in [3.63, 3.8) is 0 Å². The van der Waals surface area contributed by atoms with Crippen molar-refractivity contribution in [2.75, 3.05) is 0 Å². The molecule has 0 radical (unpaired) electrons. The molecule has 3 N–H and O–H groups in total. The SMILES string of the molecule is CC(=O)NC1NN=C(S(=O)(=O)NC(=O)C(C)C)S1. The van der Waals surface area contributed by atoms with E-state index in [4.69, 9.17) is 0 Å². The monoisotopic (exact) mass is 294 g/mol. The predicted molar refractivity (Wildman–Crippen MR) is 67.7 cm³/mol. The quantitative estimate of drug-likeness (QED) is 0.608. The average molecular weight is 294 g/mol. The van der Waals surface area contributed by atoms with E-state index in [1.807, 2.05) is 4.72 Å². The Balaban J connectivity index is 2.66. The van der Waals surface area contributed by atoms with E-state index in [0.29, 0.717) is 0 Å². The van der Waals surface area contributed by atoms with Gasteiger partial charge in [0.2, 0.25) is 16.2 Å². The number of nitrogens with zero attached hydrogens (tertiary/aromatic N) is 1. The smallest absolute Gasteiger partial charge is 0.289 e. The fraction of sp³-hybridized carbons (Fsp3) is 0.625. The van der Waals surface area contributed by atoms with E-state index in [2.05, 4.69) is 15.8 Å². The summed E-state index contributed by atoms with van der Waals surface area (Å²) < 4.78 is 25.1. The van der Waals surface area contributed by atoms with Crippen LogP contribution in [0.5, 0.6) is 0 Å². The van der Waals surface area contributed by atoms with E-state index in [9.17, 15) is 18.0 Å². The summed E-state index contributed by atoms with van der Waals surface area (Å²) in [7, 11) is -3.97. The lowest BCUT2D eigenvalue weighted by atomic mass is 10.2. The van der Waals surface area contributed by atoms with Crippen LogP contribution in [-0.4, -0.2) is 30.1 Å². The summed E-state index contributed by atoms with van der Waals surface area (Å²) in [6.07, 6.45) is 0. The van der Waals surface area contributed by atoms with Gasteiger partial charge in [-0.2, -0.15) is 13.5 Å². The molecule has 0 fully saturated rings. The molecule has 1 rings (SSSR count). The first kappa shape index (κ1) is 14.8. The van der Waals surface area contributed by atoms with Crippen molar-refractivity contribution in [3.05, 3.63) is 0 Å². The van der Waals surface area contributed by atoms with Gasteiger partial charge in [-0.05, 0) is 11.8 Å². The van der Waals surface area contributed by atoms with Crippen molar-refractivity contribution < 1.29 is 18.0 Å². The highest BCUT2D eigenvalue weighted by Crippen LogP contribution is 2.18. The van der Waals surface area contributed by atoms with Crippen molar-refractivity contribution >= 4 is 38.0 Å². The summed E-state index contributed by atoms with van der Waals surface area (Å²) in [5.74, 6) is -1.38. The fourth-order valence-corrected chi connectivity index (χ4v) is 3.25. The number of carbonyl (C=O) groups is 2. The minimum atomic E-state index is -3.97. The van der Waals surface area contributed by atoms with Crippen LogP contribution in [0, 0.1) is 5.92 Å². The Morgan fingerprint density at radius 3 is 2.56 bits per heavy atom. The van der Waals surface area contributed by atoms with E-state index < -0.39 is 27.3 Å². The Bertz CT molecular complexity index is 485. The highest BCUT2D eigenvalue weighted by Gasteiger charge is 2.31. The summed E-state index contributed by atoms with van der Waals surface area (Å²) in [5, 5.41) is 6.01. The van der Waals surface area contributed by atoms with Crippen LogP contribution >= 0.6 is 11.8 Å². The van der Waals surface area contributed by atoms with Crippen LogP contribution in [0.25, 0.3) is 0 Å². The van der Waals surface area contributed by atoms with E-state index >= 15 is 0 Å². The van der Waals surface area contributed by atoms with E-state index in [0.717, 1.165) is 11.8 Å². The summed E-state index contributed by atoms with van der Waals surface area (Å²) in [4.78, 5) is 22.1. The highest BCUT2D eigenvalue weighted by molar-refractivity contribution is 8.35. The zero-order valence-electron chi connectivity index (χ0n) is 10.1. The molecule has 0 aromatic heterocycles. The number of amides is 2. The van der Waals surface area contributed by atoms with E-state index in [1.165, 1.54) is 6.92 Å². The van der Waals surface area contributed by atoms with Gasteiger partial charge in [-0.25, -0.2) is 4.72 Å². The van der Waals surface area contributed by atoms with Crippen LogP contribution in [0.1, 0.15) is 20.8 Å². The first-order valence-corrected chi connectivity index (χ1v) is 7.42. The molecule has 1 unspecified atom stereocenters. The second-order valence-electron chi connectivity index (χ2n) is 3.83. The van der Waals surface area contributed by atoms with Crippen molar-refractivity contribution in [2.45, 2.75) is 26.3 Å². The Labute approximate surface area is 109 Å². The molecule has 18 heavy (non-hydrogen) atoms. The minimum Gasteiger partial charge on any atom is -0.326 e. The number of hydrogen-bond acceptors (Lipinski definition) is 7. The van der Waals surface area contributed by atoms with Crippen LogP contribution in [0.3, 0.4) is 0 Å². The first-order chi connectivity index (χ1) is 8.22. The lowest BCUT2D eigenvalue weighted by Crippen LogP contribution is -2.38. The normalized spacial score (nSPS) is 19.1. The summed E-state index contributed by atoms with van der Waals surface area (Å²) in [6, 6.07) is 0. The van der Waals surface area contributed by atoms with Crippen molar-refractivity contribution in [1.29, 1.82) is 0 Å². The molecule has 1 aliphatic rings. The number of thioether (sulfide) groups is 1. The standard InChI is InChI=1S/C8H14N4O4S2/c1-4(2)6(14)12-18(15,16)8-11-10-7(17-8)9-5(3)13/h4,7,10H,1-3H3,(H,9,13)(H,12,14). The predicted octanol–water partition coefficient (Wildman–Crippen LogP) is -0.884. The number of nitrogens with one attached hydrogen (secondary N) is 3. The molecule has 1 atom stereocenters. The maximum absolute atomic E-state index is 11.7. The van der Waals surface area contributed by atoms with Gasteiger partial charge in [0.1, 0.15) is 0 Å². The third kappa shape index (κ3) is 3.88. The summed E-state index contributed by atoms with van der Waals surface area (Å²) in [6.45, 7) is 4.45. The number of sulfonamides is 1. The second-order valence-corrected chi connectivity index (χ2v) is 6.78. The van der Waals surface area contributed by atoms with Gasteiger partial charge >= 0.3 is 0 Å². The maximum atomic E-state index is 11.7. The lowest BCUT2D eigenvalue weighted by Gasteiger charge is -2.10. The number of rotatable bonds is 2. The maximum Gasteiger partial charge on any atom is 0.289 e. The van der Waals surface area contributed by atoms with Gasteiger partial charge in [-0.3, -0.25) is 15.0 Å². The van der Waals surface area contributed by atoms with Crippen molar-refractivity contribution in [3.8, 4) is 0 Å². The number of carbonyl (C=O) groups excluding carboxylic acids is 2. The van der Waals surface area contributed by atoms with Gasteiger partial charge < -0.3 is 5.32 Å². The molecule has 0 aliphatic carbocycles. The van der Waals surface area contributed by atoms with Crippen LogP contribution in [-0.2, 0) is 19.6 Å². The van der Waals surface area contributed by atoms with E-state index in [1.54, 1.807) is 13.8 Å². The zero-order valence-corrected chi connectivity index (χ0v) is 11.7. The molecule has 1 aliphatic heterocycles. The molecule has 0 spiro atoms. The minimum absolute atomic E-state index is 0.282. The lowest BCUT2D eigenvalue weighted by molar-refractivity contribution is -0.122. The Kier molecular flexibility index (Phi) is 4.57. The number of hydrazone groups is 1. The molecule has 102 valence electrons. The average Bonchev–Trinajstić information content (AvgIpc) is 2.64. The highest BCUT2D eigenvalue weighted by atomic mass is 32.3. The van der Waals surface area contributed by atoms with Crippen LogP contribution in [0.4, 0.5) is 0 Å². The molecule has 0 bridgehead atoms. The summed E-state index contributed by atoms with van der Waals surface area (Å²) >= 11 is 0.804. The molecule has 1 heterocycles. The molecular formula is C8H14N4O4S2. The third-order valence-electron chi connectivity index (χ3n) is 1.82. The van der Waals surface area contributed by atoms with Crippen molar-refractivity contribution in [1.82, 2.24) is 15.5 Å². The van der Waals surface area contributed by atoms with Crippen LogP contribution in [0.2, 0.25) is 0 Å². The Morgan fingerprint density at radius 2 is 2.06 bits per heavy atom. The van der Waals surface area contributed by atoms with Gasteiger partial charge in [0, 0.05) is 12.8 Å². The molecular weight excluding hydrogens is 280 g/mol. The molecule has 2 amide bonds. The van der Waals surface area contributed by atoms with Crippen molar-refractivity contribution in [2.24, 2.45) is 11.0 Å². The zero-order chi connectivity index (χ0) is 13.9. The van der Waals surface area contributed by atoms with E-state index in [-0.39, 0.29) is 10.3 Å². The van der Waals surface area contributed by atoms with Crippen LogP contribution < -0.4 is 15.5 Å². The molecule has 0 aromatic rings. The van der Waals surface area contributed by atoms with Gasteiger partial charge in [0.25, 0.3) is 10.0 Å². The molecule has 0 saturated heterocycles. The van der Waals surface area contributed by atoms with Gasteiger partial charge in [-0.1, -0.05) is 13.8 Å². The second kappa shape index (κ2) is 5.57. The van der Waals surface area contributed by atoms with Gasteiger partial charge in [0.15, 0.2) is 5.50 Å². The topological polar surface area (TPSA) is 117 Å². The third-order valence-corrected chi connectivity index (χ3v) is 4.54. The Morgan fingerprint density at radius 1 is 1.44 bits per heavy atom. The molecule has 0 aromatic carbocycles. The van der Waals surface area contributed by atoms with Gasteiger partial charge in [0.05, 0.1) is 0 Å². The number of hydrogen-bond donors (Lipinski definition) is 3. The molecule has 0 saturated carbocycles. The molecule has 10 heteroatoms. The van der Waals surface area contributed by atoms with Crippen LogP contribution in [0.15, 0.2) is 5.10 Å². The first-order valence-electron chi connectivity index (χ1n) is 5.06. The fourth-order valence-electron chi connectivity index (χ4n) is 0.929.